The summed E-state index contributed by atoms with van der Waals surface area (Å²) in [6.07, 6.45) is 2.88. The number of anilines is 1. The van der Waals surface area contributed by atoms with E-state index in [1.54, 1.807) is 6.92 Å². The Balaban J connectivity index is 1.66. The lowest BCUT2D eigenvalue weighted by atomic mass is 9.88. The molecule has 2 aliphatic rings. The first-order chi connectivity index (χ1) is 13.5. The van der Waals surface area contributed by atoms with Crippen molar-refractivity contribution in [2.75, 3.05) is 57.8 Å². The maximum Gasteiger partial charge on any atom is 0.341 e. The van der Waals surface area contributed by atoms with E-state index < -0.39 is 0 Å². The second-order valence-electron chi connectivity index (χ2n) is 7.67. The average molecular weight is 410 g/mol. The van der Waals surface area contributed by atoms with Crippen LogP contribution in [0.15, 0.2) is 0 Å². The molecule has 8 heteroatoms. The number of aliphatic hydroxyl groups is 1. The lowest BCUT2D eigenvalue weighted by Crippen LogP contribution is -2.49. The van der Waals surface area contributed by atoms with Crippen molar-refractivity contribution in [1.29, 1.82) is 0 Å². The smallest absolute Gasteiger partial charge is 0.341 e. The van der Waals surface area contributed by atoms with Crippen molar-refractivity contribution in [2.24, 2.45) is 5.92 Å². The highest BCUT2D eigenvalue weighted by molar-refractivity contribution is 7.17. The van der Waals surface area contributed by atoms with Crippen molar-refractivity contribution >= 4 is 28.2 Å². The van der Waals surface area contributed by atoms with Crippen molar-refractivity contribution in [3.05, 3.63) is 16.0 Å². The first kappa shape index (κ1) is 21.2. The predicted octanol–water partition coefficient (Wildman–Crippen LogP) is 1.60. The fourth-order valence-electron chi connectivity index (χ4n) is 3.94. The number of ether oxygens (including phenoxy) is 1. The van der Waals surface area contributed by atoms with Gasteiger partial charge in [-0.3, -0.25) is 14.6 Å². The van der Waals surface area contributed by atoms with Crippen LogP contribution in [0.25, 0.3) is 0 Å². The zero-order chi connectivity index (χ0) is 20.1. The number of β-amino-alcohol motifs (C(OH)–C–C–N with tert-alkyl or cyclic N) is 1. The van der Waals surface area contributed by atoms with Gasteiger partial charge in [0.2, 0.25) is 5.91 Å². The summed E-state index contributed by atoms with van der Waals surface area (Å²) in [6.45, 7) is 8.82. The van der Waals surface area contributed by atoms with Gasteiger partial charge >= 0.3 is 5.97 Å². The van der Waals surface area contributed by atoms with Crippen LogP contribution in [0.3, 0.4) is 0 Å². The Kier molecular flexibility index (Phi) is 7.45. The van der Waals surface area contributed by atoms with E-state index in [4.69, 9.17) is 9.84 Å². The first-order valence-corrected chi connectivity index (χ1v) is 11.0. The van der Waals surface area contributed by atoms with E-state index in [9.17, 15) is 9.59 Å². The van der Waals surface area contributed by atoms with E-state index in [-0.39, 0.29) is 18.5 Å². The molecule has 2 N–H and O–H groups in total. The summed E-state index contributed by atoms with van der Waals surface area (Å²) in [7, 11) is 0. The maximum absolute atomic E-state index is 12.6. The van der Waals surface area contributed by atoms with Gasteiger partial charge in [-0.2, -0.15) is 0 Å². The Morgan fingerprint density at radius 2 is 1.96 bits per heavy atom. The second-order valence-corrected chi connectivity index (χ2v) is 8.77. The Bertz CT molecular complexity index is 698. The number of carbonyl (C=O) groups excluding carboxylic acids is 2. The maximum atomic E-state index is 12.6. The lowest BCUT2D eigenvalue weighted by Gasteiger charge is -2.33. The van der Waals surface area contributed by atoms with E-state index in [1.165, 1.54) is 16.2 Å². The Hall–Kier alpha value is -1.48. The molecule has 0 bridgehead atoms. The van der Waals surface area contributed by atoms with Crippen molar-refractivity contribution < 1.29 is 19.4 Å². The minimum absolute atomic E-state index is 0.0900. The number of hydrogen-bond acceptors (Lipinski definition) is 7. The van der Waals surface area contributed by atoms with Gasteiger partial charge in [0.05, 0.1) is 25.3 Å². The molecule has 1 aromatic rings. The summed E-state index contributed by atoms with van der Waals surface area (Å²) in [5, 5.41) is 12.7. The predicted molar refractivity (Wildman–Crippen MR) is 110 cm³/mol. The number of nitrogens with one attached hydrogen (secondary N) is 1. The molecule has 0 saturated carbocycles. The van der Waals surface area contributed by atoms with Crippen LogP contribution in [-0.2, 0) is 22.4 Å². The van der Waals surface area contributed by atoms with E-state index in [2.05, 4.69) is 22.0 Å². The third-order valence-electron chi connectivity index (χ3n) is 5.49. The molecule has 0 aromatic carbocycles. The molecule has 2 heterocycles. The van der Waals surface area contributed by atoms with Gasteiger partial charge in [0.25, 0.3) is 0 Å². The van der Waals surface area contributed by atoms with Crippen molar-refractivity contribution in [3.8, 4) is 0 Å². The Morgan fingerprint density at radius 3 is 2.64 bits per heavy atom. The van der Waals surface area contributed by atoms with E-state index in [1.807, 2.05) is 0 Å². The summed E-state index contributed by atoms with van der Waals surface area (Å²) in [6, 6.07) is 0. The molecule has 156 valence electrons. The second kappa shape index (κ2) is 9.82. The van der Waals surface area contributed by atoms with Gasteiger partial charge in [-0.15, -0.1) is 11.3 Å². The Morgan fingerprint density at radius 1 is 1.25 bits per heavy atom. The molecule has 1 atom stereocenters. The molecule has 1 aromatic heterocycles. The highest BCUT2D eigenvalue weighted by Gasteiger charge is 2.29. The number of fused-ring (bicyclic) bond motifs is 1. The molecule has 0 spiro atoms. The minimum Gasteiger partial charge on any atom is -0.462 e. The number of nitrogens with zero attached hydrogens (tertiary/aromatic N) is 2. The summed E-state index contributed by atoms with van der Waals surface area (Å²) in [4.78, 5) is 30.7. The number of carbonyl (C=O) groups is 2. The van der Waals surface area contributed by atoms with Gasteiger partial charge in [-0.05, 0) is 37.7 Å². The molecular weight excluding hydrogens is 378 g/mol. The first-order valence-electron chi connectivity index (χ1n) is 10.2. The summed E-state index contributed by atoms with van der Waals surface area (Å²) < 4.78 is 5.27. The molecule has 1 fully saturated rings. The fraction of sp³-hybridized carbons (Fsp3) is 0.700. The normalized spacial score (nSPS) is 20.6. The number of aliphatic hydroxyl groups excluding tert-OH is 1. The van der Waals surface area contributed by atoms with Crippen LogP contribution in [0, 0.1) is 5.92 Å². The van der Waals surface area contributed by atoms with E-state index in [0.29, 0.717) is 36.2 Å². The third kappa shape index (κ3) is 5.11. The molecule has 7 nitrogen and oxygen atoms in total. The molecule has 28 heavy (non-hydrogen) atoms. The number of hydrogen-bond donors (Lipinski definition) is 2. The highest BCUT2D eigenvalue weighted by atomic mass is 32.1. The third-order valence-corrected chi connectivity index (χ3v) is 6.66. The SMILES string of the molecule is CCOC(=O)c1c(NC(=O)CN2CCN(CCO)CC2)sc2c1CC[C@@H](C)C2. The number of esters is 1. The zero-order valence-electron chi connectivity index (χ0n) is 16.8. The quantitative estimate of drug-likeness (QED) is 0.666. The van der Waals surface area contributed by atoms with Crippen molar-refractivity contribution in [1.82, 2.24) is 9.80 Å². The van der Waals surface area contributed by atoms with Crippen LogP contribution in [0.2, 0.25) is 0 Å². The lowest BCUT2D eigenvalue weighted by molar-refractivity contribution is -0.117. The highest BCUT2D eigenvalue weighted by Crippen LogP contribution is 2.40. The van der Waals surface area contributed by atoms with Gasteiger partial charge in [0.15, 0.2) is 0 Å². The van der Waals surface area contributed by atoms with Crippen LogP contribution in [0.1, 0.15) is 41.1 Å². The van der Waals surface area contributed by atoms with Crippen LogP contribution in [-0.4, -0.2) is 79.3 Å². The number of rotatable bonds is 7. The minimum atomic E-state index is -0.331. The van der Waals surface area contributed by atoms with E-state index in [0.717, 1.165) is 51.0 Å². The van der Waals surface area contributed by atoms with Crippen LogP contribution in [0.4, 0.5) is 5.00 Å². The fourth-order valence-corrected chi connectivity index (χ4v) is 5.35. The van der Waals surface area contributed by atoms with Crippen LogP contribution < -0.4 is 5.32 Å². The zero-order valence-corrected chi connectivity index (χ0v) is 17.6. The van der Waals surface area contributed by atoms with Crippen molar-refractivity contribution in [2.45, 2.75) is 33.1 Å². The van der Waals surface area contributed by atoms with Gasteiger partial charge in [0.1, 0.15) is 5.00 Å². The molecular formula is C20H31N3O4S. The topological polar surface area (TPSA) is 82.1 Å². The Labute approximate surface area is 170 Å². The summed E-state index contributed by atoms with van der Waals surface area (Å²) in [5.41, 5.74) is 1.63. The number of thiophene rings is 1. The van der Waals surface area contributed by atoms with Gasteiger partial charge < -0.3 is 15.2 Å². The van der Waals surface area contributed by atoms with Gasteiger partial charge in [-0.25, -0.2) is 4.79 Å². The van der Waals surface area contributed by atoms with Crippen LogP contribution >= 0.6 is 11.3 Å². The number of piperazine rings is 1. The standard InChI is InChI=1S/C20H31N3O4S/c1-3-27-20(26)18-15-5-4-14(2)12-16(15)28-19(18)21-17(25)13-23-8-6-22(7-9-23)10-11-24/h14,24H,3-13H2,1-2H3,(H,21,25)/t14-/m1/s1. The molecule has 1 amide bonds. The van der Waals surface area contributed by atoms with Crippen LogP contribution in [0.5, 0.6) is 0 Å². The average Bonchev–Trinajstić information content (AvgIpc) is 3.00. The van der Waals surface area contributed by atoms with Gasteiger partial charge in [0, 0.05) is 37.6 Å². The van der Waals surface area contributed by atoms with Gasteiger partial charge in [-0.1, -0.05) is 6.92 Å². The molecule has 3 rings (SSSR count). The summed E-state index contributed by atoms with van der Waals surface area (Å²) in [5.74, 6) is 0.176. The summed E-state index contributed by atoms with van der Waals surface area (Å²) >= 11 is 1.53. The molecule has 1 saturated heterocycles. The molecule has 1 aliphatic carbocycles. The molecule has 0 unspecified atom stereocenters. The largest absolute Gasteiger partial charge is 0.462 e. The number of amides is 1. The monoisotopic (exact) mass is 409 g/mol. The molecule has 0 radical (unpaired) electrons. The van der Waals surface area contributed by atoms with E-state index >= 15 is 0 Å². The molecule has 1 aliphatic heterocycles. The van der Waals surface area contributed by atoms with Crippen molar-refractivity contribution in [3.63, 3.8) is 0 Å².